The Morgan fingerprint density at radius 3 is 2.20 bits per heavy atom. The van der Waals surface area contributed by atoms with Crippen LogP contribution in [0.1, 0.15) is 44.7 Å². The summed E-state index contributed by atoms with van der Waals surface area (Å²) in [7, 11) is 0. The van der Waals surface area contributed by atoms with Crippen molar-refractivity contribution in [3.05, 3.63) is 95.0 Å². The van der Waals surface area contributed by atoms with E-state index in [1.807, 2.05) is 18.2 Å². The van der Waals surface area contributed by atoms with Gasteiger partial charge in [-0.1, -0.05) is 74.0 Å². The minimum absolute atomic E-state index is 0.0236. The third-order valence-corrected chi connectivity index (χ3v) is 10.1. The first-order valence-corrected chi connectivity index (χ1v) is 19.0. The van der Waals surface area contributed by atoms with E-state index in [0.29, 0.717) is 22.1 Å². The van der Waals surface area contributed by atoms with E-state index in [0.717, 1.165) is 5.56 Å². The molecular formula is C39H45ClN4O9S. The van der Waals surface area contributed by atoms with Crippen LogP contribution in [0.3, 0.4) is 0 Å². The molecule has 4 rings (SSSR count). The summed E-state index contributed by atoms with van der Waals surface area (Å²) in [4.78, 5) is 80.5. The number of thioether (sulfide) groups is 1. The number of amides is 4. The number of aromatic hydroxyl groups is 1. The molecule has 1 fully saturated rings. The molecule has 0 saturated carbocycles. The van der Waals surface area contributed by atoms with E-state index in [2.05, 4.69) is 16.0 Å². The molecule has 0 spiro atoms. The van der Waals surface area contributed by atoms with Crippen LogP contribution in [0, 0.1) is 5.92 Å². The van der Waals surface area contributed by atoms with Gasteiger partial charge in [-0.15, -0.1) is 11.8 Å². The maximum atomic E-state index is 14.4. The molecule has 3 aromatic carbocycles. The van der Waals surface area contributed by atoms with Crippen LogP contribution in [-0.4, -0.2) is 93.1 Å². The van der Waals surface area contributed by atoms with E-state index in [9.17, 15) is 39.0 Å². The Morgan fingerprint density at radius 2 is 1.57 bits per heavy atom. The summed E-state index contributed by atoms with van der Waals surface area (Å²) in [5.41, 5.74) is 1.45. The van der Waals surface area contributed by atoms with Gasteiger partial charge in [0.05, 0.1) is 24.8 Å². The normalized spacial score (nSPS) is 16.9. The minimum Gasteiger partial charge on any atom is -0.508 e. The fourth-order valence-corrected chi connectivity index (χ4v) is 7.26. The molecule has 1 aliphatic rings. The summed E-state index contributed by atoms with van der Waals surface area (Å²) < 4.78 is 6.13. The van der Waals surface area contributed by atoms with Crippen LogP contribution < -0.4 is 20.7 Å². The summed E-state index contributed by atoms with van der Waals surface area (Å²) in [5, 5.41) is 27.8. The predicted octanol–water partition coefficient (Wildman–Crippen LogP) is 3.74. The topological polar surface area (TPSA) is 191 Å². The average Bonchev–Trinajstić information content (AvgIpc) is 3.55. The molecule has 1 saturated heterocycles. The molecule has 288 valence electrons. The molecular weight excluding hydrogens is 736 g/mol. The molecule has 15 heteroatoms. The Balaban J connectivity index is 1.54. The highest BCUT2D eigenvalue weighted by molar-refractivity contribution is 7.99. The number of Topliss-reactive ketones (excluding diaryl/α,β-unsaturated/α-hetero) is 1. The van der Waals surface area contributed by atoms with Crippen molar-refractivity contribution in [3.8, 4) is 11.5 Å². The second-order valence-corrected chi connectivity index (χ2v) is 14.8. The zero-order valence-corrected chi connectivity index (χ0v) is 31.8. The van der Waals surface area contributed by atoms with E-state index < -0.39 is 78.0 Å². The third-order valence-electron chi connectivity index (χ3n) is 8.74. The lowest BCUT2D eigenvalue weighted by Crippen LogP contribution is -2.59. The number of carboxylic acid groups (broad SMARTS) is 1. The second-order valence-electron chi connectivity index (χ2n) is 13.4. The molecule has 1 aliphatic heterocycles. The van der Waals surface area contributed by atoms with Gasteiger partial charge < -0.3 is 35.8 Å². The highest BCUT2D eigenvalue weighted by atomic mass is 35.5. The van der Waals surface area contributed by atoms with E-state index >= 15 is 0 Å². The molecule has 0 unspecified atom stereocenters. The van der Waals surface area contributed by atoms with Crippen LogP contribution in [0.5, 0.6) is 11.5 Å². The van der Waals surface area contributed by atoms with Gasteiger partial charge in [0.2, 0.25) is 23.6 Å². The Labute approximate surface area is 323 Å². The smallest absolute Gasteiger partial charge is 0.305 e. The van der Waals surface area contributed by atoms with Crippen LogP contribution in [0.2, 0.25) is 5.02 Å². The number of phenols is 1. The number of hydrogen-bond acceptors (Lipinski definition) is 9. The van der Waals surface area contributed by atoms with Crippen LogP contribution in [-0.2, 0) is 40.9 Å². The van der Waals surface area contributed by atoms with Gasteiger partial charge in [0, 0.05) is 30.5 Å². The highest BCUT2D eigenvalue weighted by Crippen LogP contribution is 2.26. The van der Waals surface area contributed by atoms with Crippen LogP contribution >= 0.6 is 23.4 Å². The van der Waals surface area contributed by atoms with Gasteiger partial charge in [0.15, 0.2) is 5.78 Å². The lowest BCUT2D eigenvalue weighted by Gasteiger charge is -2.32. The first kappa shape index (κ1) is 41.7. The van der Waals surface area contributed by atoms with Crippen molar-refractivity contribution < 1.29 is 43.7 Å². The van der Waals surface area contributed by atoms with Gasteiger partial charge in [-0.25, -0.2) is 0 Å². The second kappa shape index (κ2) is 19.8. The highest BCUT2D eigenvalue weighted by Gasteiger charge is 2.45. The monoisotopic (exact) mass is 780 g/mol. The molecule has 4 amide bonds. The lowest BCUT2D eigenvalue weighted by molar-refractivity contribution is -0.144. The molecule has 1 heterocycles. The Kier molecular flexibility index (Phi) is 15.3. The number of halogens is 1. The Morgan fingerprint density at radius 1 is 0.907 bits per heavy atom. The number of phenolic OH excluding ortho intramolecular Hbond substituents is 1. The molecule has 5 atom stereocenters. The molecule has 0 radical (unpaired) electrons. The Bertz CT molecular complexity index is 1790. The number of para-hydroxylation sites is 1. The van der Waals surface area contributed by atoms with Gasteiger partial charge in [0.25, 0.3) is 0 Å². The predicted molar refractivity (Wildman–Crippen MR) is 204 cm³/mol. The molecule has 3 aromatic rings. The third kappa shape index (κ3) is 12.2. The van der Waals surface area contributed by atoms with Crippen LogP contribution in [0.15, 0.2) is 78.9 Å². The fraction of sp³-hybridized carbons (Fsp3) is 0.385. The Hall–Kier alpha value is -5.08. The maximum Gasteiger partial charge on any atom is 0.305 e. The average molecular weight is 781 g/mol. The van der Waals surface area contributed by atoms with Crippen molar-refractivity contribution in [2.24, 2.45) is 5.92 Å². The van der Waals surface area contributed by atoms with Crippen molar-refractivity contribution in [1.82, 2.24) is 20.9 Å². The van der Waals surface area contributed by atoms with Crippen molar-refractivity contribution in [3.63, 3.8) is 0 Å². The SMILES string of the molecule is CC(=O)N[C@@H](Cc1ccc(O)cc1)C(=O)N[C@H](C(=O)N1C[C@H](Oc2ccccc2)C[C@H]1C(=O)N[C@@H](CC(=O)O)C(=O)CSCc1ccccc1Cl)C(C)C. The minimum atomic E-state index is -1.38. The number of ketones is 1. The quantitative estimate of drug-likeness (QED) is 0.127. The van der Waals surface area contributed by atoms with Crippen molar-refractivity contribution in [1.29, 1.82) is 0 Å². The first-order valence-electron chi connectivity index (χ1n) is 17.4. The van der Waals surface area contributed by atoms with Crippen molar-refractivity contribution >= 4 is 58.7 Å². The lowest BCUT2D eigenvalue weighted by atomic mass is 10.00. The number of likely N-dealkylation sites (tertiary alicyclic amines) is 1. The van der Waals surface area contributed by atoms with E-state index in [1.165, 1.54) is 35.7 Å². The van der Waals surface area contributed by atoms with Gasteiger partial charge in [-0.3, -0.25) is 28.8 Å². The van der Waals surface area contributed by atoms with Crippen molar-refractivity contribution in [2.45, 2.75) is 76.1 Å². The molecule has 0 aliphatic carbocycles. The first-order chi connectivity index (χ1) is 25.7. The van der Waals surface area contributed by atoms with E-state index in [-0.39, 0.29) is 30.9 Å². The standard InChI is InChI=1S/C39H45ClN4O9S/c1-23(2)36(43-37(50)32(41-24(3)45)17-25-13-15-27(46)16-14-25)39(52)44-20-29(53-28-10-5-4-6-11-28)18-33(44)38(51)42-31(19-35(48)49)34(47)22-54-21-26-9-7-8-12-30(26)40/h4-16,23,29,31-33,36,46H,17-22H2,1-3H3,(H,41,45)(H,42,51)(H,43,50)(H,48,49)/t29-,31+,32+,33+,36+/m1/s1. The molecule has 0 bridgehead atoms. The van der Waals surface area contributed by atoms with Crippen molar-refractivity contribution in [2.75, 3.05) is 12.3 Å². The zero-order valence-electron chi connectivity index (χ0n) is 30.2. The molecule has 54 heavy (non-hydrogen) atoms. The van der Waals surface area contributed by atoms with Gasteiger partial charge in [-0.05, 0) is 47.4 Å². The van der Waals surface area contributed by atoms with Gasteiger partial charge >= 0.3 is 5.97 Å². The summed E-state index contributed by atoms with van der Waals surface area (Å²) in [5.74, 6) is -3.88. The number of ether oxygens (including phenoxy) is 1. The van der Waals surface area contributed by atoms with Gasteiger partial charge in [-0.2, -0.15) is 0 Å². The van der Waals surface area contributed by atoms with Crippen LogP contribution in [0.25, 0.3) is 0 Å². The number of nitrogens with zero attached hydrogens (tertiary/aromatic N) is 1. The number of aliphatic carboxylic acids is 1. The number of carbonyl (C=O) groups excluding carboxylic acids is 5. The van der Waals surface area contributed by atoms with Crippen LogP contribution in [0.4, 0.5) is 0 Å². The van der Waals surface area contributed by atoms with E-state index in [1.54, 1.807) is 62.4 Å². The fourth-order valence-electron chi connectivity index (χ4n) is 6.00. The number of carboxylic acids is 1. The molecule has 5 N–H and O–H groups in total. The largest absolute Gasteiger partial charge is 0.508 e. The number of hydrogen-bond donors (Lipinski definition) is 5. The van der Waals surface area contributed by atoms with Gasteiger partial charge in [0.1, 0.15) is 35.7 Å². The summed E-state index contributed by atoms with van der Waals surface area (Å²) in [6.45, 7) is 4.67. The number of nitrogens with one attached hydrogen (secondary N) is 3. The molecule has 13 nitrogen and oxygen atoms in total. The number of benzene rings is 3. The summed E-state index contributed by atoms with van der Waals surface area (Å²) in [6, 6.07) is 17.4. The maximum absolute atomic E-state index is 14.4. The summed E-state index contributed by atoms with van der Waals surface area (Å²) in [6.07, 6.45) is -1.23. The molecule has 0 aromatic heterocycles. The number of rotatable bonds is 18. The number of carbonyl (C=O) groups is 6. The zero-order chi connectivity index (χ0) is 39.4. The van der Waals surface area contributed by atoms with E-state index in [4.69, 9.17) is 16.3 Å². The summed E-state index contributed by atoms with van der Waals surface area (Å²) >= 11 is 7.46.